The maximum atomic E-state index is 12.2. The minimum atomic E-state index is 0.0882. The van der Waals surface area contributed by atoms with Crippen LogP contribution in [-0.2, 0) is 0 Å². The van der Waals surface area contributed by atoms with E-state index in [4.69, 9.17) is 0 Å². The highest BCUT2D eigenvalue weighted by Crippen LogP contribution is 2.31. The molecule has 1 saturated carbocycles. The second kappa shape index (κ2) is 6.71. The van der Waals surface area contributed by atoms with E-state index in [9.17, 15) is 4.79 Å². The molecular weight excluding hydrogens is 310 g/mol. The molecule has 100 valence electrons. The predicted octanol–water partition coefficient (Wildman–Crippen LogP) is 4.60. The first-order chi connectivity index (χ1) is 8.72. The molecule has 0 saturated heterocycles. The topological polar surface area (TPSA) is 29.1 Å². The van der Waals surface area contributed by atoms with E-state index in [1.165, 1.54) is 43.4 Å². The molecule has 1 aromatic rings. The molecule has 0 radical (unpaired) electrons. The van der Waals surface area contributed by atoms with Crippen molar-refractivity contribution < 1.29 is 4.79 Å². The Hall–Kier alpha value is -0.350. The van der Waals surface area contributed by atoms with Gasteiger partial charge in [0, 0.05) is 10.5 Å². The SMILES string of the molecule is CCCCC1CCCC1NC(=O)c1sccc1Br. The van der Waals surface area contributed by atoms with Crippen molar-refractivity contribution in [3.8, 4) is 0 Å². The van der Waals surface area contributed by atoms with Crippen molar-refractivity contribution in [3.63, 3.8) is 0 Å². The fourth-order valence-corrected chi connectivity index (χ4v) is 4.18. The van der Waals surface area contributed by atoms with Crippen LogP contribution >= 0.6 is 27.3 Å². The number of unbranched alkanes of at least 4 members (excludes halogenated alkanes) is 1. The lowest BCUT2D eigenvalue weighted by Crippen LogP contribution is -2.37. The molecule has 1 heterocycles. The summed E-state index contributed by atoms with van der Waals surface area (Å²) in [6, 6.07) is 2.32. The first-order valence-corrected chi connectivity index (χ1v) is 8.43. The van der Waals surface area contributed by atoms with Gasteiger partial charge in [0.25, 0.3) is 5.91 Å². The van der Waals surface area contributed by atoms with Gasteiger partial charge in [-0.2, -0.15) is 0 Å². The van der Waals surface area contributed by atoms with Gasteiger partial charge in [0.15, 0.2) is 0 Å². The average Bonchev–Trinajstić information content (AvgIpc) is 2.95. The highest BCUT2D eigenvalue weighted by atomic mass is 79.9. The van der Waals surface area contributed by atoms with E-state index in [0.29, 0.717) is 12.0 Å². The van der Waals surface area contributed by atoms with Crippen LogP contribution in [0.4, 0.5) is 0 Å². The van der Waals surface area contributed by atoms with E-state index in [1.807, 2.05) is 11.4 Å². The predicted molar refractivity (Wildman–Crippen MR) is 80.1 cm³/mol. The number of amides is 1. The molecule has 0 aliphatic heterocycles. The van der Waals surface area contributed by atoms with Gasteiger partial charge in [-0.15, -0.1) is 11.3 Å². The van der Waals surface area contributed by atoms with Crippen LogP contribution in [0.15, 0.2) is 15.9 Å². The number of thiophene rings is 1. The van der Waals surface area contributed by atoms with E-state index in [2.05, 4.69) is 28.2 Å². The number of halogens is 1. The van der Waals surface area contributed by atoms with Gasteiger partial charge < -0.3 is 5.32 Å². The zero-order chi connectivity index (χ0) is 13.0. The van der Waals surface area contributed by atoms with Crippen molar-refractivity contribution in [2.24, 2.45) is 5.92 Å². The molecule has 1 N–H and O–H groups in total. The third-order valence-corrected chi connectivity index (χ3v) is 5.56. The average molecular weight is 330 g/mol. The lowest BCUT2D eigenvalue weighted by molar-refractivity contribution is 0.0930. The molecule has 2 rings (SSSR count). The molecule has 4 heteroatoms. The Bertz CT molecular complexity index is 404. The van der Waals surface area contributed by atoms with Crippen LogP contribution in [0.25, 0.3) is 0 Å². The summed E-state index contributed by atoms with van der Waals surface area (Å²) in [6.07, 6.45) is 7.45. The minimum Gasteiger partial charge on any atom is -0.348 e. The number of carbonyl (C=O) groups excluding carboxylic acids is 1. The zero-order valence-electron chi connectivity index (χ0n) is 10.7. The lowest BCUT2D eigenvalue weighted by Gasteiger charge is -2.20. The summed E-state index contributed by atoms with van der Waals surface area (Å²) in [6.45, 7) is 2.23. The Morgan fingerprint density at radius 3 is 3.06 bits per heavy atom. The number of hydrogen-bond donors (Lipinski definition) is 1. The molecule has 2 unspecified atom stereocenters. The molecule has 1 aliphatic rings. The van der Waals surface area contributed by atoms with Crippen LogP contribution in [0.3, 0.4) is 0 Å². The third-order valence-electron chi connectivity index (χ3n) is 3.73. The van der Waals surface area contributed by atoms with Gasteiger partial charge in [-0.25, -0.2) is 0 Å². The molecule has 18 heavy (non-hydrogen) atoms. The number of rotatable bonds is 5. The molecule has 0 bridgehead atoms. The van der Waals surface area contributed by atoms with Crippen LogP contribution in [0, 0.1) is 5.92 Å². The molecule has 1 fully saturated rings. The van der Waals surface area contributed by atoms with Gasteiger partial charge in [0.05, 0.1) is 0 Å². The van der Waals surface area contributed by atoms with Gasteiger partial charge >= 0.3 is 0 Å². The Morgan fingerprint density at radius 1 is 1.56 bits per heavy atom. The van der Waals surface area contributed by atoms with Gasteiger partial charge in [-0.3, -0.25) is 4.79 Å². The van der Waals surface area contributed by atoms with E-state index < -0.39 is 0 Å². The summed E-state index contributed by atoms with van der Waals surface area (Å²) in [7, 11) is 0. The highest BCUT2D eigenvalue weighted by molar-refractivity contribution is 9.10. The van der Waals surface area contributed by atoms with E-state index in [0.717, 1.165) is 15.8 Å². The van der Waals surface area contributed by atoms with Crippen molar-refractivity contribution in [2.45, 2.75) is 51.5 Å². The van der Waals surface area contributed by atoms with Crippen LogP contribution in [0.2, 0.25) is 0 Å². The quantitative estimate of drug-likeness (QED) is 0.840. The maximum absolute atomic E-state index is 12.2. The maximum Gasteiger partial charge on any atom is 0.262 e. The van der Waals surface area contributed by atoms with Crippen molar-refractivity contribution in [2.75, 3.05) is 0 Å². The molecule has 1 amide bonds. The summed E-state index contributed by atoms with van der Waals surface area (Å²) >= 11 is 4.92. The molecular formula is C14H20BrNOS. The molecule has 1 aliphatic carbocycles. The van der Waals surface area contributed by atoms with Crippen LogP contribution < -0.4 is 5.32 Å². The van der Waals surface area contributed by atoms with E-state index in [1.54, 1.807) is 0 Å². The van der Waals surface area contributed by atoms with Gasteiger partial charge in [-0.05, 0) is 52.6 Å². The molecule has 0 aromatic carbocycles. The smallest absolute Gasteiger partial charge is 0.262 e. The summed E-state index contributed by atoms with van der Waals surface area (Å²) in [4.78, 5) is 13.0. The molecule has 1 aromatic heterocycles. The fourth-order valence-electron chi connectivity index (χ4n) is 2.73. The second-order valence-corrected chi connectivity index (χ2v) is 6.78. The van der Waals surface area contributed by atoms with Crippen LogP contribution in [0.1, 0.15) is 55.1 Å². The minimum absolute atomic E-state index is 0.0882. The second-order valence-electron chi connectivity index (χ2n) is 5.01. The van der Waals surface area contributed by atoms with Crippen LogP contribution in [-0.4, -0.2) is 11.9 Å². The van der Waals surface area contributed by atoms with Gasteiger partial charge in [0.2, 0.25) is 0 Å². The summed E-state index contributed by atoms with van der Waals surface area (Å²) < 4.78 is 0.910. The molecule has 0 spiro atoms. The van der Waals surface area contributed by atoms with E-state index >= 15 is 0 Å². The Morgan fingerprint density at radius 2 is 2.39 bits per heavy atom. The zero-order valence-corrected chi connectivity index (χ0v) is 13.1. The number of carbonyl (C=O) groups is 1. The highest BCUT2D eigenvalue weighted by Gasteiger charge is 2.28. The molecule has 2 nitrogen and oxygen atoms in total. The Labute approximate surface area is 121 Å². The normalized spacial score (nSPS) is 23.2. The van der Waals surface area contributed by atoms with Crippen LogP contribution in [0.5, 0.6) is 0 Å². The van der Waals surface area contributed by atoms with Gasteiger partial charge in [0.1, 0.15) is 4.88 Å². The van der Waals surface area contributed by atoms with Crippen molar-refractivity contribution >= 4 is 33.2 Å². The fraction of sp³-hybridized carbons (Fsp3) is 0.643. The summed E-state index contributed by atoms with van der Waals surface area (Å²) in [5.41, 5.74) is 0. The monoisotopic (exact) mass is 329 g/mol. The first kappa shape index (κ1) is 14.1. The largest absolute Gasteiger partial charge is 0.348 e. The summed E-state index contributed by atoms with van der Waals surface area (Å²) in [5, 5.41) is 5.17. The summed E-state index contributed by atoms with van der Waals surface area (Å²) in [5.74, 6) is 0.776. The first-order valence-electron chi connectivity index (χ1n) is 6.76. The lowest BCUT2D eigenvalue weighted by atomic mass is 9.97. The van der Waals surface area contributed by atoms with Crippen molar-refractivity contribution in [1.29, 1.82) is 0 Å². The Kier molecular flexibility index (Phi) is 5.25. The molecule has 2 atom stereocenters. The number of hydrogen-bond acceptors (Lipinski definition) is 2. The third kappa shape index (κ3) is 3.35. The van der Waals surface area contributed by atoms with E-state index in [-0.39, 0.29) is 5.91 Å². The van der Waals surface area contributed by atoms with Crippen molar-refractivity contribution in [1.82, 2.24) is 5.32 Å². The Balaban J connectivity index is 1.92. The van der Waals surface area contributed by atoms with Gasteiger partial charge in [-0.1, -0.05) is 26.2 Å². The van der Waals surface area contributed by atoms with Crippen molar-refractivity contribution in [3.05, 3.63) is 20.8 Å². The standard InChI is InChI=1S/C14H20BrNOS/c1-2-3-5-10-6-4-7-12(10)16-14(17)13-11(15)8-9-18-13/h8-10,12H,2-7H2,1H3,(H,16,17). The number of nitrogens with one attached hydrogen (secondary N) is 1.